The molecule has 426 valence electrons. The molecule has 3 heterocycles. The molecule has 0 radical (unpaired) electrons. The summed E-state index contributed by atoms with van der Waals surface area (Å²) in [7, 11) is 0. The average Bonchev–Trinajstić information content (AvgIpc) is 3.76. The molecule has 20 nitrogen and oxygen atoms in total. The fourth-order valence-electron chi connectivity index (χ4n) is 10.2. The summed E-state index contributed by atoms with van der Waals surface area (Å²) in [6.07, 6.45) is 5.08. The first-order valence-electron chi connectivity index (χ1n) is 27.5. The van der Waals surface area contributed by atoms with Crippen LogP contribution in [-0.4, -0.2) is 133 Å². The van der Waals surface area contributed by atoms with Crippen LogP contribution < -0.4 is 31.3 Å². The Bertz CT molecular complexity index is 2830. The Morgan fingerprint density at radius 3 is 2.27 bits per heavy atom. The molecule has 2 aromatic carbocycles. The Morgan fingerprint density at radius 1 is 0.848 bits per heavy atom. The summed E-state index contributed by atoms with van der Waals surface area (Å²) in [6, 6.07) is 13.4. The maximum absolute atomic E-state index is 13.7. The third-order valence-corrected chi connectivity index (χ3v) is 15.7. The molecule has 1 aliphatic carbocycles. The first-order valence-corrected chi connectivity index (χ1v) is 27.5. The van der Waals surface area contributed by atoms with E-state index in [-0.39, 0.29) is 98.7 Å². The second kappa shape index (κ2) is 28.5. The van der Waals surface area contributed by atoms with Crippen LogP contribution in [0.15, 0.2) is 65.8 Å². The summed E-state index contributed by atoms with van der Waals surface area (Å²) in [5.41, 5.74) is 5.25. The molecule has 3 aliphatic rings. The molecule has 1 saturated heterocycles. The van der Waals surface area contributed by atoms with Gasteiger partial charge in [-0.1, -0.05) is 84.4 Å². The molecule has 0 spiro atoms. The number of aliphatic hydroxyl groups is 1. The fourth-order valence-corrected chi connectivity index (χ4v) is 10.2. The van der Waals surface area contributed by atoms with E-state index in [1.165, 1.54) is 4.90 Å². The number of esters is 1. The molecule has 7 amide bonds. The number of imide groups is 1. The van der Waals surface area contributed by atoms with Gasteiger partial charge in [0.1, 0.15) is 31.7 Å². The van der Waals surface area contributed by atoms with Gasteiger partial charge in [0, 0.05) is 48.3 Å². The normalized spacial score (nSPS) is 19.6. The largest absolute Gasteiger partial charge is 0.491 e. The molecule has 5 atom stereocenters. The number of aliphatic hydroxyl groups excluding tert-OH is 1. The molecule has 3 aromatic rings. The molecular weight excluding hydrogens is 1010 g/mol. The van der Waals surface area contributed by atoms with Gasteiger partial charge in [0.25, 0.3) is 0 Å². The van der Waals surface area contributed by atoms with E-state index in [1.807, 2.05) is 46.8 Å². The maximum Gasteiger partial charge on any atom is 0.340 e. The topological polar surface area (TPSA) is 278 Å². The van der Waals surface area contributed by atoms with Crippen molar-refractivity contribution in [2.45, 2.75) is 125 Å². The Kier molecular flexibility index (Phi) is 22.0. The van der Waals surface area contributed by atoms with Crippen LogP contribution in [0.2, 0.25) is 0 Å². The van der Waals surface area contributed by atoms with E-state index in [1.54, 1.807) is 42.5 Å². The number of hydrogen-bond donors (Lipinski definition) is 6. The van der Waals surface area contributed by atoms with E-state index < -0.39 is 60.8 Å². The highest BCUT2D eigenvalue weighted by atomic mass is 16.5. The van der Waals surface area contributed by atoms with Crippen LogP contribution in [0.1, 0.15) is 116 Å². The molecular formula is C59H77N7O13. The van der Waals surface area contributed by atoms with E-state index in [0.717, 1.165) is 46.1 Å². The molecule has 1 fully saturated rings. The number of allylic oxidation sites excluding steroid dienone is 1. The lowest BCUT2D eigenvalue weighted by atomic mass is 9.72. The standard InChI is InChI=1S/C59H77N7O13/c1-8-40-41-28-39(20-21-46(41)65-53-36(5)26-43-44(33-79-58(76)55(43)73)54(72)37(6)35(4)25-42(40)53)78-24-23-77-34-63-50(69)31-62-56(74)47(27-38-17-13-11-14-18-38)64-51(70)32-61-49(68)30-60-48(67)19-15-12-16-22-66-52(71)29-45(57(66)75)59(7,9-2)10-3/h11,13-14,17-18,20-21,26,28,35,37,45,47,55,73H,8-10,12,15-16,19,22-25,27,29-34H2,1-7H3,(H,60,67)(H,61,68)(H,62,74)(H,63,69)(H,64,70)/b36-26+. The lowest BCUT2D eigenvalue weighted by Gasteiger charge is -2.31. The Labute approximate surface area is 461 Å². The summed E-state index contributed by atoms with van der Waals surface area (Å²) in [5, 5.41) is 24.4. The number of pyridine rings is 1. The fraction of sp³-hybridized carbons (Fsp3) is 0.525. The number of carbonyl (C=O) groups excluding carboxylic acids is 9. The van der Waals surface area contributed by atoms with Gasteiger partial charge in [-0.05, 0) is 97.2 Å². The number of cyclic esters (lactones) is 1. The van der Waals surface area contributed by atoms with Gasteiger partial charge in [-0.3, -0.25) is 43.3 Å². The molecule has 6 rings (SSSR count). The number of Topliss-reactive ketones (excluding diaryl/α,β-unsaturated/α-hetero) is 1. The van der Waals surface area contributed by atoms with Gasteiger partial charge in [-0.15, -0.1) is 0 Å². The van der Waals surface area contributed by atoms with Gasteiger partial charge in [-0.25, -0.2) is 9.78 Å². The SMILES string of the molecule is CCc1c2c(nc3ccc(OCCOCNC(=O)CNC(=O)C(Cc4ccccc4)NC(=O)CNC(=O)CNC(=O)CCCCCN4C(=O)CC(C(C)(CC)CC)C4=O)cc13)/C(C)=C/C1=C(COC(=O)C1O)C(=O)C(C)C(C)C2. The first kappa shape index (κ1) is 60.9. The summed E-state index contributed by atoms with van der Waals surface area (Å²) in [6.45, 7) is 12.8. The van der Waals surface area contributed by atoms with Crippen molar-refractivity contribution in [3.8, 4) is 5.75 Å². The van der Waals surface area contributed by atoms with Crippen LogP contribution >= 0.6 is 0 Å². The Morgan fingerprint density at radius 2 is 1.54 bits per heavy atom. The predicted octanol–water partition coefficient (Wildman–Crippen LogP) is 4.12. The van der Waals surface area contributed by atoms with Crippen molar-refractivity contribution < 1.29 is 62.5 Å². The first-order chi connectivity index (χ1) is 37.8. The lowest BCUT2D eigenvalue weighted by molar-refractivity contribution is -0.152. The summed E-state index contributed by atoms with van der Waals surface area (Å²) >= 11 is 0. The number of ether oxygens (including phenoxy) is 3. The zero-order valence-electron chi connectivity index (χ0n) is 46.6. The van der Waals surface area contributed by atoms with Crippen LogP contribution in [0.25, 0.3) is 16.5 Å². The highest BCUT2D eigenvalue weighted by Crippen LogP contribution is 2.42. The Hall–Kier alpha value is -7.32. The lowest BCUT2D eigenvalue weighted by Crippen LogP contribution is -2.52. The van der Waals surface area contributed by atoms with Crippen LogP contribution in [0, 0.1) is 23.2 Å². The van der Waals surface area contributed by atoms with Crippen LogP contribution in [0.3, 0.4) is 0 Å². The molecule has 1 aromatic heterocycles. The quantitative estimate of drug-likeness (QED) is 0.0286. The minimum absolute atomic E-state index is 0.0917. The monoisotopic (exact) mass is 1090 g/mol. The number of nitrogens with one attached hydrogen (secondary N) is 5. The van der Waals surface area contributed by atoms with Crippen molar-refractivity contribution in [1.82, 2.24) is 36.5 Å². The highest BCUT2D eigenvalue weighted by Gasteiger charge is 2.47. The molecule has 0 bridgehead atoms. The van der Waals surface area contributed by atoms with Crippen molar-refractivity contribution in [2.75, 3.05) is 52.7 Å². The second-order valence-corrected chi connectivity index (χ2v) is 21.0. The van der Waals surface area contributed by atoms with E-state index in [0.29, 0.717) is 55.5 Å². The van der Waals surface area contributed by atoms with E-state index in [2.05, 4.69) is 40.4 Å². The number of carbonyl (C=O) groups is 9. The van der Waals surface area contributed by atoms with Crippen molar-refractivity contribution in [1.29, 1.82) is 0 Å². The van der Waals surface area contributed by atoms with Gasteiger partial charge in [-0.2, -0.15) is 0 Å². The number of nitrogens with zero attached hydrogens (tertiary/aromatic N) is 2. The molecule has 20 heteroatoms. The Balaban J connectivity index is 0.910. The van der Waals surface area contributed by atoms with Crippen molar-refractivity contribution in [3.63, 3.8) is 0 Å². The van der Waals surface area contributed by atoms with Gasteiger partial charge >= 0.3 is 5.97 Å². The minimum Gasteiger partial charge on any atom is -0.491 e. The van der Waals surface area contributed by atoms with Crippen LogP contribution in [0.4, 0.5) is 0 Å². The third-order valence-electron chi connectivity index (χ3n) is 15.7. The van der Waals surface area contributed by atoms with Gasteiger partial charge in [0.05, 0.1) is 43.4 Å². The number of likely N-dealkylation sites (tertiary alicyclic amines) is 1. The molecule has 2 aliphatic heterocycles. The van der Waals surface area contributed by atoms with E-state index in [9.17, 15) is 48.3 Å². The van der Waals surface area contributed by atoms with Gasteiger partial charge < -0.3 is 45.9 Å². The van der Waals surface area contributed by atoms with Crippen molar-refractivity contribution in [3.05, 3.63) is 88.1 Å². The number of rotatable bonds is 26. The molecule has 0 saturated carbocycles. The van der Waals surface area contributed by atoms with Crippen molar-refractivity contribution in [2.24, 2.45) is 23.2 Å². The third kappa shape index (κ3) is 15.9. The van der Waals surface area contributed by atoms with Crippen LogP contribution in [-0.2, 0) is 71.9 Å². The van der Waals surface area contributed by atoms with Gasteiger partial charge in [0.15, 0.2) is 11.9 Å². The minimum atomic E-state index is -1.57. The number of fused-ring (bicyclic) bond motifs is 2. The predicted molar refractivity (Wildman–Crippen MR) is 293 cm³/mol. The average molecular weight is 1090 g/mol. The summed E-state index contributed by atoms with van der Waals surface area (Å²) in [4.78, 5) is 122. The van der Waals surface area contributed by atoms with Gasteiger partial charge in [0.2, 0.25) is 41.4 Å². The highest BCUT2D eigenvalue weighted by molar-refractivity contribution is 6.04. The molecule has 79 heavy (non-hydrogen) atoms. The molecule has 6 N–H and O–H groups in total. The summed E-state index contributed by atoms with van der Waals surface area (Å²) < 4.78 is 16.8. The number of amides is 7. The number of benzene rings is 2. The number of unbranched alkanes of at least 4 members (excludes halogenated alkanes) is 2. The number of hydrogen-bond acceptors (Lipinski definition) is 14. The maximum atomic E-state index is 13.7. The second-order valence-electron chi connectivity index (χ2n) is 21.0. The van der Waals surface area contributed by atoms with E-state index >= 15 is 0 Å². The van der Waals surface area contributed by atoms with Crippen LogP contribution in [0.5, 0.6) is 5.75 Å². The zero-order chi connectivity index (χ0) is 57.4. The van der Waals surface area contributed by atoms with Crippen molar-refractivity contribution >= 4 is 69.6 Å². The van der Waals surface area contributed by atoms with E-state index in [4.69, 9.17) is 19.2 Å². The zero-order valence-corrected chi connectivity index (χ0v) is 46.6. The molecule has 5 unspecified atom stereocenters. The number of aromatic nitrogens is 1. The number of ketones is 1. The number of aryl methyl sites for hydroxylation is 1. The summed E-state index contributed by atoms with van der Waals surface area (Å²) in [5.74, 6) is -4.33. The smallest absolute Gasteiger partial charge is 0.340 e.